The van der Waals surface area contributed by atoms with Crippen molar-refractivity contribution < 1.29 is 9.32 Å². The maximum atomic E-state index is 12.1. The van der Waals surface area contributed by atoms with Crippen molar-refractivity contribution in [2.75, 3.05) is 5.32 Å². The molecule has 1 amide bonds. The lowest BCUT2D eigenvalue weighted by molar-refractivity contribution is 0.0988. The smallest absolute Gasteiger partial charge is 0.294 e. The molecule has 0 bridgehead atoms. The highest BCUT2D eigenvalue weighted by molar-refractivity contribution is 7.21. The maximum absolute atomic E-state index is 12.1. The number of amides is 1. The van der Waals surface area contributed by atoms with E-state index in [0.29, 0.717) is 5.69 Å². The fourth-order valence-electron chi connectivity index (χ4n) is 2.30. The Labute approximate surface area is 141 Å². The van der Waals surface area contributed by atoms with Crippen LogP contribution in [-0.4, -0.2) is 21.0 Å². The van der Waals surface area contributed by atoms with Gasteiger partial charge in [0.05, 0.1) is 6.20 Å². The maximum Gasteiger partial charge on any atom is 0.294 e. The van der Waals surface area contributed by atoms with Gasteiger partial charge in [0.1, 0.15) is 15.4 Å². The van der Waals surface area contributed by atoms with Crippen LogP contribution in [0.4, 0.5) is 5.69 Å². The van der Waals surface area contributed by atoms with Crippen LogP contribution in [0.5, 0.6) is 0 Å². The molecule has 7 heteroatoms. The molecule has 0 atom stereocenters. The van der Waals surface area contributed by atoms with Crippen LogP contribution in [0.2, 0.25) is 0 Å². The van der Waals surface area contributed by atoms with E-state index >= 15 is 0 Å². The predicted octanol–water partition coefficient (Wildman–Crippen LogP) is 3.91. The second-order valence-corrected chi connectivity index (χ2v) is 6.18. The first-order chi connectivity index (χ1) is 11.7. The number of thiazole rings is 1. The normalized spacial score (nSPS) is 10.9. The molecular formula is C17H12N4O2S. The van der Waals surface area contributed by atoms with Gasteiger partial charge in [-0.3, -0.25) is 4.79 Å². The van der Waals surface area contributed by atoms with E-state index in [1.165, 1.54) is 23.6 Å². The first-order valence-electron chi connectivity index (χ1n) is 7.25. The average Bonchev–Trinajstić information content (AvgIpc) is 3.26. The third-order valence-electron chi connectivity index (χ3n) is 3.56. The molecule has 0 saturated heterocycles. The van der Waals surface area contributed by atoms with Crippen LogP contribution in [0.1, 0.15) is 16.1 Å². The Morgan fingerprint density at radius 1 is 1.21 bits per heavy atom. The third-order valence-corrected chi connectivity index (χ3v) is 4.59. The largest absolute Gasteiger partial charge is 0.351 e. The van der Waals surface area contributed by atoms with Gasteiger partial charge < -0.3 is 9.84 Å². The predicted molar refractivity (Wildman–Crippen MR) is 92.0 cm³/mol. The van der Waals surface area contributed by atoms with Crippen LogP contribution in [0.15, 0.2) is 53.3 Å². The van der Waals surface area contributed by atoms with Gasteiger partial charge in [-0.25, -0.2) is 9.97 Å². The second kappa shape index (κ2) is 5.86. The summed E-state index contributed by atoms with van der Waals surface area (Å²) in [6.07, 6.45) is 3.19. The van der Waals surface area contributed by atoms with Crippen molar-refractivity contribution in [3.8, 4) is 10.6 Å². The highest BCUT2D eigenvalue weighted by Gasteiger charge is 2.13. The highest BCUT2D eigenvalue weighted by Crippen LogP contribution is 2.31. The molecule has 0 saturated carbocycles. The Morgan fingerprint density at radius 2 is 2.12 bits per heavy atom. The summed E-state index contributed by atoms with van der Waals surface area (Å²) in [7, 11) is 0. The minimum Gasteiger partial charge on any atom is -0.351 e. The number of rotatable bonds is 3. The van der Waals surface area contributed by atoms with Gasteiger partial charge in [0, 0.05) is 23.5 Å². The van der Waals surface area contributed by atoms with Crippen LogP contribution in [0.3, 0.4) is 0 Å². The Balaban J connectivity index is 1.69. The lowest BCUT2D eigenvalue weighted by atomic mass is 10.1. The summed E-state index contributed by atoms with van der Waals surface area (Å²) in [6, 6.07) is 11.2. The van der Waals surface area contributed by atoms with Crippen LogP contribution < -0.4 is 5.32 Å². The number of pyridine rings is 1. The number of hydrogen-bond acceptors (Lipinski definition) is 6. The van der Waals surface area contributed by atoms with E-state index in [1.807, 2.05) is 37.3 Å². The van der Waals surface area contributed by atoms with Gasteiger partial charge in [-0.15, -0.1) is 0 Å². The summed E-state index contributed by atoms with van der Waals surface area (Å²) in [4.78, 5) is 22.0. The van der Waals surface area contributed by atoms with E-state index < -0.39 is 0 Å². The van der Waals surface area contributed by atoms with Gasteiger partial charge >= 0.3 is 0 Å². The van der Waals surface area contributed by atoms with Gasteiger partial charge in [0.15, 0.2) is 0 Å². The summed E-state index contributed by atoms with van der Waals surface area (Å²) in [5.41, 5.74) is 3.45. The molecule has 0 radical (unpaired) electrons. The number of anilines is 1. The number of aromatic nitrogens is 3. The fraction of sp³-hybridized carbons (Fsp3) is 0.0588. The summed E-state index contributed by atoms with van der Waals surface area (Å²) in [6.45, 7) is 1.93. The lowest BCUT2D eigenvalue weighted by Crippen LogP contribution is -2.11. The van der Waals surface area contributed by atoms with E-state index in [4.69, 9.17) is 4.52 Å². The van der Waals surface area contributed by atoms with Gasteiger partial charge in [0.25, 0.3) is 5.91 Å². The van der Waals surface area contributed by atoms with Gasteiger partial charge in [0.2, 0.25) is 5.76 Å². The lowest BCUT2D eigenvalue weighted by Gasteiger charge is -2.08. The van der Waals surface area contributed by atoms with Gasteiger partial charge in [-0.05, 0) is 30.7 Å². The zero-order valence-corrected chi connectivity index (χ0v) is 13.5. The number of nitrogens with zero attached hydrogens (tertiary/aromatic N) is 3. The molecule has 1 N–H and O–H groups in total. The standard InChI is InChI=1S/C17H12N4O2S/c1-10-4-5-11(16-21-12-3-2-7-18-17(12)24-16)9-13(10)20-15(22)14-6-8-19-23-14/h2-9H,1H3,(H,20,22). The topological polar surface area (TPSA) is 80.9 Å². The number of hydrogen-bond donors (Lipinski definition) is 1. The summed E-state index contributed by atoms with van der Waals surface area (Å²) in [5.74, 6) is -0.164. The number of nitrogens with one attached hydrogen (secondary N) is 1. The summed E-state index contributed by atoms with van der Waals surface area (Å²) >= 11 is 1.52. The highest BCUT2D eigenvalue weighted by atomic mass is 32.1. The molecule has 6 nitrogen and oxygen atoms in total. The monoisotopic (exact) mass is 336 g/mol. The molecule has 118 valence electrons. The molecule has 0 unspecified atom stereocenters. The molecule has 0 spiro atoms. The first-order valence-corrected chi connectivity index (χ1v) is 8.07. The summed E-state index contributed by atoms with van der Waals surface area (Å²) in [5, 5.41) is 7.25. The van der Waals surface area contributed by atoms with Crippen molar-refractivity contribution in [1.29, 1.82) is 0 Å². The van der Waals surface area contributed by atoms with E-state index in [1.54, 1.807) is 6.20 Å². The molecule has 0 aliphatic rings. The number of fused-ring (bicyclic) bond motifs is 1. The average molecular weight is 336 g/mol. The van der Waals surface area contributed by atoms with Crippen molar-refractivity contribution in [1.82, 2.24) is 15.1 Å². The number of benzene rings is 1. The minimum absolute atomic E-state index is 0.170. The Hall–Kier alpha value is -3.06. The SMILES string of the molecule is Cc1ccc(-c2nc3cccnc3s2)cc1NC(=O)c1ccno1. The fourth-order valence-corrected chi connectivity index (χ4v) is 3.20. The van der Waals surface area contributed by atoms with Gasteiger partial charge in [-0.1, -0.05) is 28.6 Å². The molecule has 24 heavy (non-hydrogen) atoms. The van der Waals surface area contributed by atoms with Crippen molar-refractivity contribution in [3.05, 3.63) is 60.1 Å². The molecule has 4 aromatic rings. The number of carbonyl (C=O) groups is 1. The minimum atomic E-state index is -0.335. The van der Waals surface area contributed by atoms with Gasteiger partial charge in [-0.2, -0.15) is 0 Å². The molecule has 0 fully saturated rings. The van der Waals surface area contributed by atoms with E-state index in [9.17, 15) is 4.79 Å². The molecule has 3 aromatic heterocycles. The Kier molecular flexibility index (Phi) is 3.55. The third kappa shape index (κ3) is 2.65. The molecule has 3 heterocycles. The molecule has 4 rings (SSSR count). The van der Waals surface area contributed by atoms with Crippen molar-refractivity contribution >= 4 is 33.3 Å². The Morgan fingerprint density at radius 3 is 2.92 bits per heavy atom. The summed E-state index contributed by atoms with van der Waals surface area (Å²) < 4.78 is 4.88. The molecular weight excluding hydrogens is 324 g/mol. The van der Waals surface area contributed by atoms with E-state index in [2.05, 4.69) is 20.4 Å². The zero-order valence-electron chi connectivity index (χ0n) is 12.7. The molecule has 1 aromatic carbocycles. The number of aryl methyl sites for hydroxylation is 1. The first kappa shape index (κ1) is 14.5. The van der Waals surface area contributed by atoms with Crippen LogP contribution in [0.25, 0.3) is 20.9 Å². The molecule has 0 aliphatic heterocycles. The quantitative estimate of drug-likeness (QED) is 0.613. The van der Waals surface area contributed by atoms with Crippen LogP contribution >= 0.6 is 11.3 Å². The van der Waals surface area contributed by atoms with Crippen molar-refractivity contribution in [3.63, 3.8) is 0 Å². The van der Waals surface area contributed by atoms with Crippen molar-refractivity contribution in [2.45, 2.75) is 6.92 Å². The Bertz CT molecular complexity index is 991. The number of carbonyl (C=O) groups excluding carboxylic acids is 1. The van der Waals surface area contributed by atoms with Crippen LogP contribution in [0, 0.1) is 6.92 Å². The van der Waals surface area contributed by atoms with E-state index in [-0.39, 0.29) is 11.7 Å². The van der Waals surface area contributed by atoms with E-state index in [0.717, 1.165) is 26.5 Å². The molecule has 0 aliphatic carbocycles. The van der Waals surface area contributed by atoms with Crippen molar-refractivity contribution in [2.24, 2.45) is 0 Å². The zero-order chi connectivity index (χ0) is 16.5. The van der Waals surface area contributed by atoms with Crippen LogP contribution in [-0.2, 0) is 0 Å². The second-order valence-electron chi connectivity index (χ2n) is 5.21.